The minimum absolute atomic E-state index is 0.346. The van der Waals surface area contributed by atoms with Crippen LogP contribution in [0.5, 0.6) is 0 Å². The first-order valence-electron chi connectivity index (χ1n) is 8.43. The first-order valence-corrected chi connectivity index (χ1v) is 8.43. The number of ether oxygens (including phenoxy) is 1. The van der Waals surface area contributed by atoms with Crippen LogP contribution >= 0.6 is 0 Å². The van der Waals surface area contributed by atoms with E-state index in [-0.39, 0.29) is 0 Å². The maximum atomic E-state index is 5.88. The zero-order valence-corrected chi connectivity index (χ0v) is 13.5. The van der Waals surface area contributed by atoms with Crippen molar-refractivity contribution in [2.75, 3.05) is 19.7 Å². The van der Waals surface area contributed by atoms with Crippen molar-refractivity contribution in [2.45, 2.75) is 57.8 Å². The van der Waals surface area contributed by atoms with Gasteiger partial charge >= 0.3 is 0 Å². The van der Waals surface area contributed by atoms with E-state index in [0.717, 1.165) is 26.1 Å². The first-order chi connectivity index (χ1) is 10.2. The molecule has 116 valence electrons. The quantitative estimate of drug-likeness (QED) is 0.922. The molecular weight excluding hydrogens is 260 g/mol. The lowest BCUT2D eigenvalue weighted by molar-refractivity contribution is -0.0760. The van der Waals surface area contributed by atoms with Gasteiger partial charge in [-0.3, -0.25) is 4.90 Å². The average molecular weight is 288 g/mol. The molecule has 1 aliphatic heterocycles. The molecule has 0 spiro atoms. The molecule has 4 unspecified atom stereocenters. The van der Waals surface area contributed by atoms with Crippen molar-refractivity contribution in [2.24, 2.45) is 0 Å². The third-order valence-corrected chi connectivity index (χ3v) is 5.04. The topological polar surface area (TPSA) is 24.5 Å². The number of nitrogens with one attached hydrogen (secondary N) is 1. The van der Waals surface area contributed by atoms with Gasteiger partial charge < -0.3 is 10.1 Å². The van der Waals surface area contributed by atoms with Gasteiger partial charge in [0.2, 0.25) is 0 Å². The number of hydrogen-bond donors (Lipinski definition) is 1. The predicted octanol–water partition coefficient (Wildman–Crippen LogP) is 2.76. The Morgan fingerprint density at radius 1 is 1.29 bits per heavy atom. The Morgan fingerprint density at radius 3 is 2.86 bits per heavy atom. The Labute approximate surface area is 128 Å². The minimum Gasteiger partial charge on any atom is -0.376 e. The van der Waals surface area contributed by atoms with E-state index in [1.807, 2.05) is 0 Å². The van der Waals surface area contributed by atoms with E-state index in [4.69, 9.17) is 4.74 Å². The Morgan fingerprint density at radius 2 is 2.10 bits per heavy atom. The normalized spacial score (nSPS) is 33.1. The second kappa shape index (κ2) is 6.47. The van der Waals surface area contributed by atoms with Crippen LogP contribution in [-0.4, -0.2) is 42.8 Å². The van der Waals surface area contributed by atoms with Gasteiger partial charge in [0.25, 0.3) is 0 Å². The number of rotatable bonds is 4. The highest BCUT2D eigenvalue weighted by atomic mass is 16.5. The zero-order chi connectivity index (χ0) is 14.8. The molecule has 3 nitrogen and oxygen atoms in total. The lowest BCUT2D eigenvalue weighted by Crippen LogP contribution is -2.55. The average Bonchev–Trinajstić information content (AvgIpc) is 2.86. The number of morpholine rings is 1. The molecular formula is C18H28N2O. The maximum absolute atomic E-state index is 5.88. The highest BCUT2D eigenvalue weighted by Crippen LogP contribution is 2.36. The van der Waals surface area contributed by atoms with Crippen LogP contribution in [0.4, 0.5) is 0 Å². The molecule has 0 saturated carbocycles. The van der Waals surface area contributed by atoms with Crippen molar-refractivity contribution in [1.82, 2.24) is 10.2 Å². The molecule has 0 radical (unpaired) electrons. The van der Waals surface area contributed by atoms with Crippen molar-refractivity contribution < 1.29 is 4.74 Å². The van der Waals surface area contributed by atoms with E-state index in [1.165, 1.54) is 17.5 Å². The van der Waals surface area contributed by atoms with Crippen LogP contribution in [-0.2, 0) is 11.2 Å². The van der Waals surface area contributed by atoms with Gasteiger partial charge in [0.05, 0.1) is 12.7 Å². The predicted molar refractivity (Wildman–Crippen MR) is 86.6 cm³/mol. The summed E-state index contributed by atoms with van der Waals surface area (Å²) in [6.45, 7) is 9.64. The highest BCUT2D eigenvalue weighted by Gasteiger charge is 2.40. The van der Waals surface area contributed by atoms with Crippen LogP contribution in [0, 0.1) is 0 Å². The fourth-order valence-corrected chi connectivity index (χ4v) is 3.98. The van der Waals surface area contributed by atoms with Crippen LogP contribution < -0.4 is 5.32 Å². The standard InChI is InChI=1S/C18H28N2O/c1-4-15-12-21-13(3)11-20(15)17-10-14-8-6-7-9-16(14)18(17)19-5-2/h6-9,13,15,17-19H,4-5,10-12H2,1-3H3. The fourth-order valence-electron chi connectivity index (χ4n) is 3.98. The summed E-state index contributed by atoms with van der Waals surface area (Å²) in [6, 6.07) is 10.5. The van der Waals surface area contributed by atoms with Gasteiger partial charge in [0.15, 0.2) is 0 Å². The Kier molecular flexibility index (Phi) is 4.63. The summed E-state index contributed by atoms with van der Waals surface area (Å²) in [5.74, 6) is 0. The molecule has 0 aromatic heterocycles. The highest BCUT2D eigenvalue weighted by molar-refractivity contribution is 5.37. The van der Waals surface area contributed by atoms with Gasteiger partial charge in [0, 0.05) is 24.7 Å². The van der Waals surface area contributed by atoms with Crippen molar-refractivity contribution in [3.8, 4) is 0 Å². The molecule has 21 heavy (non-hydrogen) atoms. The maximum Gasteiger partial charge on any atom is 0.0674 e. The summed E-state index contributed by atoms with van der Waals surface area (Å²) >= 11 is 0. The second-order valence-corrected chi connectivity index (χ2v) is 6.41. The lowest BCUT2D eigenvalue weighted by Gasteiger charge is -2.44. The number of nitrogens with zero attached hydrogens (tertiary/aromatic N) is 1. The van der Waals surface area contributed by atoms with Gasteiger partial charge in [-0.1, -0.05) is 38.1 Å². The summed E-state index contributed by atoms with van der Waals surface area (Å²) in [5.41, 5.74) is 3.01. The molecule has 1 aliphatic carbocycles. The molecule has 1 aromatic carbocycles. The van der Waals surface area contributed by atoms with E-state index < -0.39 is 0 Å². The van der Waals surface area contributed by atoms with Crippen molar-refractivity contribution in [3.63, 3.8) is 0 Å². The first kappa shape index (κ1) is 15.0. The molecule has 1 saturated heterocycles. The Balaban J connectivity index is 1.86. The molecule has 1 aromatic rings. The van der Waals surface area contributed by atoms with E-state index in [1.54, 1.807) is 0 Å². The lowest BCUT2D eigenvalue weighted by atomic mass is 10.0. The van der Waals surface area contributed by atoms with Crippen molar-refractivity contribution >= 4 is 0 Å². The van der Waals surface area contributed by atoms with Crippen LogP contribution in [0.25, 0.3) is 0 Å². The molecule has 3 rings (SSSR count). The minimum atomic E-state index is 0.346. The molecule has 4 atom stereocenters. The summed E-state index contributed by atoms with van der Waals surface area (Å²) in [6.07, 6.45) is 2.67. The van der Waals surface area contributed by atoms with Gasteiger partial charge in [-0.25, -0.2) is 0 Å². The largest absolute Gasteiger partial charge is 0.376 e. The van der Waals surface area contributed by atoms with Gasteiger partial charge in [0.1, 0.15) is 0 Å². The molecule has 2 aliphatic rings. The zero-order valence-electron chi connectivity index (χ0n) is 13.5. The molecule has 1 N–H and O–H groups in total. The number of hydrogen-bond acceptors (Lipinski definition) is 3. The molecule has 0 amide bonds. The molecule has 3 heteroatoms. The van der Waals surface area contributed by atoms with E-state index in [2.05, 4.69) is 55.3 Å². The number of likely N-dealkylation sites (N-methyl/N-ethyl adjacent to an activating group) is 1. The van der Waals surface area contributed by atoms with E-state index >= 15 is 0 Å². The monoisotopic (exact) mass is 288 g/mol. The fraction of sp³-hybridized carbons (Fsp3) is 0.667. The Bertz CT molecular complexity index is 476. The number of benzene rings is 1. The Hall–Kier alpha value is -0.900. The second-order valence-electron chi connectivity index (χ2n) is 6.41. The summed E-state index contributed by atoms with van der Waals surface area (Å²) in [5, 5.41) is 3.73. The molecule has 1 heterocycles. The van der Waals surface area contributed by atoms with Crippen LogP contribution in [0.2, 0.25) is 0 Å². The van der Waals surface area contributed by atoms with Crippen LogP contribution in [0.3, 0.4) is 0 Å². The van der Waals surface area contributed by atoms with Crippen LogP contribution in [0.1, 0.15) is 44.4 Å². The van der Waals surface area contributed by atoms with Crippen LogP contribution in [0.15, 0.2) is 24.3 Å². The van der Waals surface area contributed by atoms with Crippen molar-refractivity contribution in [1.29, 1.82) is 0 Å². The van der Waals surface area contributed by atoms with E-state index in [0.29, 0.717) is 24.2 Å². The summed E-state index contributed by atoms with van der Waals surface area (Å²) in [4.78, 5) is 2.71. The number of fused-ring (bicyclic) bond motifs is 1. The molecule has 1 fully saturated rings. The summed E-state index contributed by atoms with van der Waals surface area (Å²) in [7, 11) is 0. The van der Waals surface area contributed by atoms with Crippen molar-refractivity contribution in [3.05, 3.63) is 35.4 Å². The van der Waals surface area contributed by atoms with Gasteiger partial charge in [-0.15, -0.1) is 0 Å². The molecule has 0 bridgehead atoms. The SMILES string of the molecule is CCNC1c2ccccc2CC1N1CC(C)OCC1CC. The van der Waals surface area contributed by atoms with Gasteiger partial charge in [-0.2, -0.15) is 0 Å². The van der Waals surface area contributed by atoms with E-state index in [9.17, 15) is 0 Å². The third kappa shape index (κ3) is 2.87. The third-order valence-electron chi connectivity index (χ3n) is 5.04. The summed E-state index contributed by atoms with van der Waals surface area (Å²) < 4.78 is 5.88. The van der Waals surface area contributed by atoms with Gasteiger partial charge in [-0.05, 0) is 37.4 Å². The smallest absolute Gasteiger partial charge is 0.0674 e.